The fourth-order valence-corrected chi connectivity index (χ4v) is 2.89. The van der Waals surface area contributed by atoms with E-state index in [1.165, 1.54) is 11.1 Å². The smallest absolute Gasteiger partial charge is 0.226 e. The molecular formula is C23H30N2O2S. The number of benzene rings is 2. The monoisotopic (exact) mass is 398 g/mol. The minimum Gasteiger partial charge on any atom is -0.494 e. The summed E-state index contributed by atoms with van der Waals surface area (Å²) in [6.45, 7) is 7.74. The van der Waals surface area contributed by atoms with Crippen LogP contribution in [0.25, 0.3) is 0 Å². The molecule has 0 atom stereocenters. The number of hydrogen-bond donors (Lipinski definition) is 2. The van der Waals surface area contributed by atoms with Crippen molar-refractivity contribution in [1.29, 1.82) is 0 Å². The van der Waals surface area contributed by atoms with Crippen LogP contribution in [-0.4, -0.2) is 24.2 Å². The molecule has 0 spiro atoms. The van der Waals surface area contributed by atoms with Gasteiger partial charge in [-0.2, -0.15) is 0 Å². The predicted octanol–water partition coefficient (Wildman–Crippen LogP) is 4.38. The highest BCUT2D eigenvalue weighted by Crippen LogP contribution is 2.24. The van der Waals surface area contributed by atoms with Crippen molar-refractivity contribution in [2.24, 2.45) is 0 Å². The summed E-state index contributed by atoms with van der Waals surface area (Å²) in [6, 6.07) is 18.3. The van der Waals surface area contributed by atoms with Crippen LogP contribution in [0.1, 0.15) is 44.7 Å². The van der Waals surface area contributed by atoms with E-state index in [1.54, 1.807) is 0 Å². The van der Waals surface area contributed by atoms with Crippen molar-refractivity contribution in [3.8, 4) is 5.75 Å². The van der Waals surface area contributed by atoms with Crippen molar-refractivity contribution in [3.63, 3.8) is 0 Å². The third-order valence-electron chi connectivity index (χ3n) is 4.33. The van der Waals surface area contributed by atoms with Gasteiger partial charge in [0.2, 0.25) is 5.91 Å². The topological polar surface area (TPSA) is 50.4 Å². The van der Waals surface area contributed by atoms with E-state index in [9.17, 15) is 4.79 Å². The second-order valence-corrected chi connectivity index (χ2v) is 8.17. The quantitative estimate of drug-likeness (QED) is 0.512. The normalized spacial score (nSPS) is 11.0. The Hall–Kier alpha value is -2.40. The fraction of sp³-hybridized carbons (Fsp3) is 0.391. The predicted molar refractivity (Wildman–Crippen MR) is 119 cm³/mol. The average molecular weight is 399 g/mol. The molecule has 0 aliphatic carbocycles. The van der Waals surface area contributed by atoms with Crippen LogP contribution < -0.4 is 15.4 Å². The molecule has 0 unspecified atom stereocenters. The zero-order chi connectivity index (χ0) is 20.4. The lowest BCUT2D eigenvalue weighted by molar-refractivity contribution is -0.119. The molecule has 150 valence electrons. The number of thiocarbonyl (C=S) groups is 1. The molecule has 0 aliphatic rings. The van der Waals surface area contributed by atoms with Gasteiger partial charge in [0.05, 0.1) is 6.61 Å². The summed E-state index contributed by atoms with van der Waals surface area (Å²) in [5, 5.41) is 6.15. The van der Waals surface area contributed by atoms with E-state index in [1.807, 2.05) is 30.3 Å². The van der Waals surface area contributed by atoms with Gasteiger partial charge in [-0.25, -0.2) is 0 Å². The van der Waals surface area contributed by atoms with Crippen LogP contribution in [0.3, 0.4) is 0 Å². The number of carbonyl (C=O) groups is 1. The van der Waals surface area contributed by atoms with Crippen LogP contribution in [0.2, 0.25) is 0 Å². The summed E-state index contributed by atoms with van der Waals surface area (Å²) in [5.74, 6) is 0.732. The molecule has 0 saturated carbocycles. The molecular weight excluding hydrogens is 368 g/mol. The number of carbonyl (C=O) groups excluding carboxylic acids is 1. The van der Waals surface area contributed by atoms with E-state index < -0.39 is 0 Å². The molecule has 1 amide bonds. The molecule has 0 fully saturated rings. The Balaban J connectivity index is 1.58. The first-order chi connectivity index (χ1) is 13.3. The van der Waals surface area contributed by atoms with Crippen LogP contribution in [0.5, 0.6) is 5.75 Å². The molecule has 5 heteroatoms. The zero-order valence-electron chi connectivity index (χ0n) is 17.0. The molecule has 2 aromatic rings. The van der Waals surface area contributed by atoms with Gasteiger partial charge in [-0.15, -0.1) is 0 Å². The zero-order valence-corrected chi connectivity index (χ0v) is 17.8. The molecule has 0 radical (unpaired) electrons. The Morgan fingerprint density at radius 1 is 1.04 bits per heavy atom. The number of rotatable bonds is 8. The minimum atomic E-state index is -0.0936. The maximum atomic E-state index is 12.0. The molecule has 0 heterocycles. The first-order valence-corrected chi connectivity index (χ1v) is 10.1. The Morgan fingerprint density at radius 3 is 2.36 bits per heavy atom. The van der Waals surface area contributed by atoms with E-state index in [4.69, 9.17) is 17.0 Å². The number of amides is 1. The second kappa shape index (κ2) is 10.8. The van der Waals surface area contributed by atoms with Crippen LogP contribution in [0, 0.1) is 0 Å². The average Bonchev–Trinajstić information content (AvgIpc) is 2.66. The summed E-state index contributed by atoms with van der Waals surface area (Å²) in [4.78, 5) is 12.0. The highest BCUT2D eigenvalue weighted by Gasteiger charge is 2.13. The lowest BCUT2D eigenvalue weighted by Crippen LogP contribution is -2.40. The molecule has 0 aromatic heterocycles. The standard InChI is InChI=1S/C23H30N2O2S/c1-23(2,3)19-11-13-20(14-12-19)27-17-7-10-21(26)25-22(28)24-16-15-18-8-5-4-6-9-18/h4-6,8-9,11-14H,7,10,15-17H2,1-3H3,(H2,24,25,26,28). The summed E-state index contributed by atoms with van der Waals surface area (Å²) in [5.41, 5.74) is 2.63. The molecule has 0 aliphatic heterocycles. The molecule has 2 aromatic carbocycles. The Kier molecular flexibility index (Phi) is 8.45. The molecule has 28 heavy (non-hydrogen) atoms. The van der Waals surface area contributed by atoms with Gasteiger partial charge in [0.1, 0.15) is 5.75 Å². The summed E-state index contributed by atoms with van der Waals surface area (Å²) >= 11 is 5.17. The molecule has 0 bridgehead atoms. The van der Waals surface area contributed by atoms with Crippen molar-refractivity contribution in [1.82, 2.24) is 10.6 Å². The van der Waals surface area contributed by atoms with Gasteiger partial charge < -0.3 is 15.4 Å². The third-order valence-corrected chi connectivity index (χ3v) is 4.58. The van der Waals surface area contributed by atoms with Crippen LogP contribution in [-0.2, 0) is 16.6 Å². The second-order valence-electron chi connectivity index (χ2n) is 7.77. The van der Waals surface area contributed by atoms with Gasteiger partial charge in [0.25, 0.3) is 0 Å². The van der Waals surface area contributed by atoms with Crippen LogP contribution in [0.4, 0.5) is 0 Å². The third kappa shape index (κ3) is 8.09. The highest BCUT2D eigenvalue weighted by atomic mass is 32.1. The first kappa shape index (κ1) is 21.9. The van der Waals surface area contributed by atoms with Crippen LogP contribution in [0.15, 0.2) is 54.6 Å². The van der Waals surface area contributed by atoms with E-state index in [-0.39, 0.29) is 11.3 Å². The lowest BCUT2D eigenvalue weighted by Gasteiger charge is -2.19. The molecule has 2 N–H and O–H groups in total. The number of nitrogens with one attached hydrogen (secondary N) is 2. The van der Waals surface area contributed by atoms with Crippen molar-refractivity contribution in [3.05, 3.63) is 65.7 Å². The van der Waals surface area contributed by atoms with Crippen LogP contribution >= 0.6 is 12.2 Å². The minimum absolute atomic E-state index is 0.0936. The highest BCUT2D eigenvalue weighted by molar-refractivity contribution is 7.80. The van der Waals surface area contributed by atoms with Gasteiger partial charge in [-0.3, -0.25) is 4.79 Å². The SMILES string of the molecule is CC(C)(C)c1ccc(OCCCC(=O)NC(=S)NCCc2ccccc2)cc1. The molecule has 0 saturated heterocycles. The van der Waals surface area contributed by atoms with Crippen molar-refractivity contribution in [2.45, 2.75) is 45.4 Å². The number of hydrogen-bond acceptors (Lipinski definition) is 3. The first-order valence-electron chi connectivity index (χ1n) is 9.69. The Morgan fingerprint density at radius 2 is 1.71 bits per heavy atom. The Labute approximate surface area is 173 Å². The lowest BCUT2D eigenvalue weighted by atomic mass is 9.87. The Bertz CT molecular complexity index is 752. The molecule has 2 rings (SSSR count). The van der Waals surface area contributed by atoms with Gasteiger partial charge >= 0.3 is 0 Å². The van der Waals surface area contributed by atoms with Gasteiger partial charge in [-0.1, -0.05) is 63.2 Å². The fourth-order valence-electron chi connectivity index (χ4n) is 2.67. The van der Waals surface area contributed by atoms with Gasteiger partial charge in [0.15, 0.2) is 5.11 Å². The van der Waals surface area contributed by atoms with Gasteiger partial charge in [0, 0.05) is 13.0 Å². The maximum absolute atomic E-state index is 12.0. The summed E-state index contributed by atoms with van der Waals surface area (Å²) in [7, 11) is 0. The van der Waals surface area contributed by atoms with Crippen molar-refractivity contribution in [2.75, 3.05) is 13.2 Å². The van der Waals surface area contributed by atoms with Gasteiger partial charge in [-0.05, 0) is 53.7 Å². The summed E-state index contributed by atoms with van der Waals surface area (Å²) in [6.07, 6.45) is 1.87. The van der Waals surface area contributed by atoms with E-state index in [0.717, 1.165) is 12.2 Å². The van der Waals surface area contributed by atoms with E-state index in [2.05, 4.69) is 55.7 Å². The largest absolute Gasteiger partial charge is 0.494 e. The van der Waals surface area contributed by atoms with Crippen molar-refractivity contribution < 1.29 is 9.53 Å². The molecule has 4 nitrogen and oxygen atoms in total. The summed E-state index contributed by atoms with van der Waals surface area (Å²) < 4.78 is 5.71. The van der Waals surface area contributed by atoms with E-state index >= 15 is 0 Å². The number of ether oxygens (including phenoxy) is 1. The van der Waals surface area contributed by atoms with E-state index in [0.29, 0.717) is 31.1 Å². The van der Waals surface area contributed by atoms with Crippen molar-refractivity contribution >= 4 is 23.2 Å². The maximum Gasteiger partial charge on any atom is 0.226 e.